The van der Waals surface area contributed by atoms with Crippen LogP contribution in [0.5, 0.6) is 5.75 Å². The van der Waals surface area contributed by atoms with Gasteiger partial charge in [-0.3, -0.25) is 4.99 Å². The van der Waals surface area contributed by atoms with Crippen LogP contribution in [0.1, 0.15) is 12.7 Å². The summed E-state index contributed by atoms with van der Waals surface area (Å²) in [4.78, 5) is 4.15. The molecule has 0 saturated carbocycles. The molecule has 0 radical (unpaired) electrons. The predicted octanol–water partition coefficient (Wildman–Crippen LogP) is 2.17. The average Bonchev–Trinajstić information content (AvgIpc) is 2.95. The van der Waals surface area contributed by atoms with Gasteiger partial charge in [-0.1, -0.05) is 6.92 Å². The Morgan fingerprint density at radius 1 is 1.33 bits per heavy atom. The van der Waals surface area contributed by atoms with Crippen molar-refractivity contribution in [2.24, 2.45) is 10.7 Å². The quantitative estimate of drug-likeness (QED) is 0.620. The third-order valence-corrected chi connectivity index (χ3v) is 3.00. The van der Waals surface area contributed by atoms with Crippen molar-refractivity contribution in [3.8, 4) is 5.75 Å². The summed E-state index contributed by atoms with van der Waals surface area (Å²) in [7, 11) is 0. The Balaban J connectivity index is 1.86. The number of aryl methyl sites for hydroxylation is 1. The van der Waals surface area contributed by atoms with Crippen molar-refractivity contribution in [2.45, 2.75) is 26.3 Å². The fourth-order valence-electron chi connectivity index (χ4n) is 1.95. The molecular weight excluding hydrogens is 325 g/mol. The standard InChI is InChI=1S/C14H17F3N6O/c1-2-12-22-20-9-23(12)8-7-19-13(18)21-10-3-5-11(6-4-10)24-14(15,16)17/h3-6,9H,2,7-8H2,1H3,(H3,18,19,21). The zero-order valence-corrected chi connectivity index (χ0v) is 12.9. The fraction of sp³-hybridized carbons (Fsp3) is 0.357. The molecule has 1 heterocycles. The van der Waals surface area contributed by atoms with E-state index in [2.05, 4.69) is 25.2 Å². The molecule has 0 aliphatic rings. The van der Waals surface area contributed by atoms with E-state index < -0.39 is 6.36 Å². The van der Waals surface area contributed by atoms with Crippen LogP contribution in [0.3, 0.4) is 0 Å². The van der Waals surface area contributed by atoms with Gasteiger partial charge in [0.2, 0.25) is 0 Å². The Kier molecular flexibility index (Phi) is 5.61. The van der Waals surface area contributed by atoms with Gasteiger partial charge in [-0.2, -0.15) is 0 Å². The number of nitrogens with one attached hydrogen (secondary N) is 1. The highest BCUT2D eigenvalue weighted by molar-refractivity contribution is 5.92. The van der Waals surface area contributed by atoms with E-state index in [-0.39, 0.29) is 11.7 Å². The number of nitrogens with two attached hydrogens (primary N) is 1. The molecular formula is C14H17F3N6O. The number of ether oxygens (including phenoxy) is 1. The first-order valence-electron chi connectivity index (χ1n) is 7.17. The highest BCUT2D eigenvalue weighted by Crippen LogP contribution is 2.23. The Morgan fingerprint density at radius 3 is 2.67 bits per heavy atom. The van der Waals surface area contributed by atoms with Crippen LogP contribution in [-0.2, 0) is 13.0 Å². The summed E-state index contributed by atoms with van der Waals surface area (Å²) in [6.07, 6.45) is -2.32. The number of anilines is 1. The van der Waals surface area contributed by atoms with Gasteiger partial charge in [0.15, 0.2) is 5.96 Å². The molecule has 2 rings (SSSR count). The normalized spacial score (nSPS) is 12.2. The molecule has 0 atom stereocenters. The van der Waals surface area contributed by atoms with Crippen molar-refractivity contribution < 1.29 is 17.9 Å². The summed E-state index contributed by atoms with van der Waals surface area (Å²) in [5.41, 5.74) is 6.25. The van der Waals surface area contributed by atoms with Crippen LogP contribution in [0.4, 0.5) is 18.9 Å². The number of hydrogen-bond acceptors (Lipinski definition) is 4. The second-order valence-electron chi connectivity index (χ2n) is 4.76. The lowest BCUT2D eigenvalue weighted by molar-refractivity contribution is -0.274. The SMILES string of the molecule is CCc1nncn1CCN=C(N)Nc1ccc(OC(F)(F)F)cc1. The molecule has 0 fully saturated rings. The van der Waals surface area contributed by atoms with Gasteiger partial charge in [0.05, 0.1) is 6.54 Å². The number of nitrogens with zero attached hydrogens (tertiary/aromatic N) is 4. The third kappa shape index (κ3) is 5.45. The maximum Gasteiger partial charge on any atom is 0.573 e. The average molecular weight is 342 g/mol. The number of hydrogen-bond donors (Lipinski definition) is 2. The number of benzene rings is 1. The van der Waals surface area contributed by atoms with Gasteiger partial charge in [0, 0.05) is 18.7 Å². The third-order valence-electron chi connectivity index (χ3n) is 3.00. The molecule has 24 heavy (non-hydrogen) atoms. The Morgan fingerprint density at radius 2 is 2.04 bits per heavy atom. The highest BCUT2D eigenvalue weighted by atomic mass is 19.4. The first kappa shape index (κ1) is 17.6. The molecule has 7 nitrogen and oxygen atoms in total. The topological polar surface area (TPSA) is 90.4 Å². The van der Waals surface area contributed by atoms with Crippen LogP contribution < -0.4 is 15.8 Å². The Hall–Kier alpha value is -2.78. The number of alkyl halides is 3. The number of aliphatic imine (C=N–C) groups is 1. The molecule has 0 aliphatic carbocycles. The van der Waals surface area contributed by atoms with E-state index in [4.69, 9.17) is 5.73 Å². The fourth-order valence-corrected chi connectivity index (χ4v) is 1.95. The maximum absolute atomic E-state index is 12.1. The molecule has 0 saturated heterocycles. The molecule has 0 bridgehead atoms. The van der Waals surface area contributed by atoms with Crippen LogP contribution in [0.25, 0.3) is 0 Å². The van der Waals surface area contributed by atoms with E-state index in [0.717, 1.165) is 12.2 Å². The Bertz CT molecular complexity index is 681. The summed E-state index contributed by atoms with van der Waals surface area (Å²) < 4.78 is 41.9. The van der Waals surface area contributed by atoms with Crippen molar-refractivity contribution in [3.63, 3.8) is 0 Å². The lowest BCUT2D eigenvalue weighted by Crippen LogP contribution is -2.23. The number of guanidine groups is 1. The summed E-state index contributed by atoms with van der Waals surface area (Å²) in [6.45, 7) is 2.97. The van der Waals surface area contributed by atoms with Crippen LogP contribution in [-0.4, -0.2) is 33.6 Å². The minimum absolute atomic E-state index is 0.158. The molecule has 0 aliphatic heterocycles. The van der Waals surface area contributed by atoms with Crippen molar-refractivity contribution in [3.05, 3.63) is 36.4 Å². The first-order valence-corrected chi connectivity index (χ1v) is 7.17. The van der Waals surface area contributed by atoms with Crippen LogP contribution in [0.2, 0.25) is 0 Å². The van der Waals surface area contributed by atoms with Gasteiger partial charge >= 0.3 is 6.36 Å². The largest absolute Gasteiger partial charge is 0.573 e. The van der Waals surface area contributed by atoms with Crippen LogP contribution >= 0.6 is 0 Å². The number of halogens is 3. The van der Waals surface area contributed by atoms with E-state index in [9.17, 15) is 13.2 Å². The summed E-state index contributed by atoms with van der Waals surface area (Å²) in [5, 5.41) is 10.6. The van der Waals surface area contributed by atoms with E-state index in [0.29, 0.717) is 18.8 Å². The molecule has 0 unspecified atom stereocenters. The molecule has 0 spiro atoms. The number of aromatic nitrogens is 3. The van der Waals surface area contributed by atoms with Gasteiger partial charge in [-0.05, 0) is 24.3 Å². The second kappa shape index (κ2) is 7.66. The highest BCUT2D eigenvalue weighted by Gasteiger charge is 2.30. The molecule has 10 heteroatoms. The smallest absolute Gasteiger partial charge is 0.406 e. The van der Waals surface area contributed by atoms with Gasteiger partial charge in [-0.25, -0.2) is 0 Å². The summed E-state index contributed by atoms with van der Waals surface area (Å²) >= 11 is 0. The molecule has 1 aromatic heterocycles. The predicted molar refractivity (Wildman–Crippen MR) is 82.6 cm³/mol. The number of rotatable bonds is 6. The zero-order valence-electron chi connectivity index (χ0n) is 12.9. The van der Waals surface area contributed by atoms with Crippen molar-refractivity contribution >= 4 is 11.6 Å². The van der Waals surface area contributed by atoms with E-state index in [1.54, 1.807) is 6.33 Å². The van der Waals surface area contributed by atoms with E-state index in [1.807, 2.05) is 11.5 Å². The van der Waals surface area contributed by atoms with Crippen LogP contribution in [0.15, 0.2) is 35.6 Å². The minimum Gasteiger partial charge on any atom is -0.406 e. The monoisotopic (exact) mass is 342 g/mol. The maximum atomic E-state index is 12.1. The minimum atomic E-state index is -4.71. The molecule has 3 N–H and O–H groups in total. The van der Waals surface area contributed by atoms with E-state index in [1.165, 1.54) is 24.3 Å². The lowest BCUT2D eigenvalue weighted by atomic mass is 10.3. The molecule has 1 aromatic carbocycles. The van der Waals surface area contributed by atoms with Crippen LogP contribution in [0, 0.1) is 0 Å². The van der Waals surface area contributed by atoms with Crippen molar-refractivity contribution in [2.75, 3.05) is 11.9 Å². The van der Waals surface area contributed by atoms with Gasteiger partial charge < -0.3 is 20.4 Å². The summed E-state index contributed by atoms with van der Waals surface area (Å²) in [6, 6.07) is 5.21. The summed E-state index contributed by atoms with van der Waals surface area (Å²) in [5.74, 6) is 0.714. The molecule has 0 amide bonds. The van der Waals surface area contributed by atoms with Crippen molar-refractivity contribution in [1.82, 2.24) is 14.8 Å². The lowest BCUT2D eigenvalue weighted by Gasteiger charge is -2.10. The van der Waals surface area contributed by atoms with E-state index >= 15 is 0 Å². The van der Waals surface area contributed by atoms with Gasteiger partial charge in [-0.15, -0.1) is 23.4 Å². The zero-order chi connectivity index (χ0) is 17.6. The molecule has 2 aromatic rings. The first-order chi connectivity index (χ1) is 11.4. The molecule has 130 valence electrons. The van der Waals surface area contributed by atoms with Gasteiger partial charge in [0.25, 0.3) is 0 Å². The Labute approximate surface area is 136 Å². The second-order valence-corrected chi connectivity index (χ2v) is 4.76. The van der Waals surface area contributed by atoms with Crippen molar-refractivity contribution in [1.29, 1.82) is 0 Å². The van der Waals surface area contributed by atoms with Gasteiger partial charge in [0.1, 0.15) is 17.9 Å².